The van der Waals surface area contributed by atoms with E-state index >= 15 is 0 Å². The number of hydrogen-bond acceptors (Lipinski definition) is 2. The summed E-state index contributed by atoms with van der Waals surface area (Å²) < 4.78 is 0. The summed E-state index contributed by atoms with van der Waals surface area (Å²) in [5.74, 6) is 1.91. The van der Waals surface area contributed by atoms with E-state index in [4.69, 9.17) is 0 Å². The van der Waals surface area contributed by atoms with Gasteiger partial charge in [-0.1, -0.05) is 26.2 Å². The van der Waals surface area contributed by atoms with E-state index in [0.717, 1.165) is 17.9 Å². The normalized spacial score (nSPS) is 28.3. The van der Waals surface area contributed by atoms with Crippen LogP contribution in [0.4, 0.5) is 0 Å². The molecule has 2 heteroatoms. The van der Waals surface area contributed by atoms with Crippen LogP contribution in [0.1, 0.15) is 45.4 Å². The van der Waals surface area contributed by atoms with Gasteiger partial charge in [0.15, 0.2) is 0 Å². The zero-order chi connectivity index (χ0) is 12.0. The molecule has 1 saturated carbocycles. The van der Waals surface area contributed by atoms with Crippen LogP contribution in [0.3, 0.4) is 0 Å². The molecule has 1 aliphatic rings. The number of nitrogens with one attached hydrogen (secondary N) is 1. The first kappa shape index (κ1) is 14.0. The van der Waals surface area contributed by atoms with Crippen LogP contribution in [0.15, 0.2) is 0 Å². The SMILES string of the molecule is CCC1CCCC(C(CCN(C)C)NC)C1. The molecule has 0 spiro atoms. The molecule has 3 unspecified atom stereocenters. The molecule has 0 aromatic rings. The quantitative estimate of drug-likeness (QED) is 0.749. The Balaban J connectivity index is 2.38. The van der Waals surface area contributed by atoms with E-state index in [-0.39, 0.29) is 0 Å². The lowest BCUT2D eigenvalue weighted by Gasteiger charge is -2.34. The van der Waals surface area contributed by atoms with Gasteiger partial charge in [0.1, 0.15) is 0 Å². The van der Waals surface area contributed by atoms with Gasteiger partial charge in [0.05, 0.1) is 0 Å². The molecule has 0 aromatic heterocycles. The van der Waals surface area contributed by atoms with Crippen molar-refractivity contribution in [2.24, 2.45) is 11.8 Å². The molecule has 1 rings (SSSR count). The van der Waals surface area contributed by atoms with Crippen molar-refractivity contribution in [2.45, 2.75) is 51.5 Å². The molecule has 0 radical (unpaired) electrons. The molecule has 0 aromatic carbocycles. The minimum absolute atomic E-state index is 0.733. The highest BCUT2D eigenvalue weighted by atomic mass is 15.1. The lowest BCUT2D eigenvalue weighted by molar-refractivity contribution is 0.198. The molecule has 0 bridgehead atoms. The highest BCUT2D eigenvalue weighted by Crippen LogP contribution is 2.33. The second kappa shape index (κ2) is 7.29. The Kier molecular flexibility index (Phi) is 6.37. The van der Waals surface area contributed by atoms with Gasteiger partial charge < -0.3 is 10.2 Å². The van der Waals surface area contributed by atoms with Crippen molar-refractivity contribution in [3.8, 4) is 0 Å². The van der Waals surface area contributed by atoms with E-state index in [9.17, 15) is 0 Å². The summed E-state index contributed by atoms with van der Waals surface area (Å²) in [4.78, 5) is 2.30. The molecule has 0 aliphatic heterocycles. The second-order valence-corrected chi connectivity index (χ2v) is 5.69. The summed E-state index contributed by atoms with van der Waals surface area (Å²) >= 11 is 0. The summed E-state index contributed by atoms with van der Waals surface area (Å²) in [7, 11) is 6.47. The molecule has 0 amide bonds. The van der Waals surface area contributed by atoms with Crippen LogP contribution in [0, 0.1) is 11.8 Å². The first-order chi connectivity index (χ1) is 7.67. The molecule has 1 aliphatic carbocycles. The van der Waals surface area contributed by atoms with Gasteiger partial charge in [0, 0.05) is 6.04 Å². The lowest BCUT2D eigenvalue weighted by Crippen LogP contribution is -2.38. The molecular weight excluding hydrogens is 196 g/mol. The minimum Gasteiger partial charge on any atom is -0.317 e. The zero-order valence-corrected chi connectivity index (χ0v) is 11.6. The fourth-order valence-corrected chi connectivity index (χ4v) is 3.08. The third-order valence-corrected chi connectivity index (χ3v) is 4.23. The molecular formula is C14H30N2. The molecule has 0 saturated heterocycles. The summed E-state index contributed by atoms with van der Waals surface area (Å²) in [6.07, 6.45) is 8.48. The van der Waals surface area contributed by atoms with E-state index in [1.165, 1.54) is 45.1 Å². The van der Waals surface area contributed by atoms with Crippen molar-refractivity contribution < 1.29 is 0 Å². The fourth-order valence-electron chi connectivity index (χ4n) is 3.08. The van der Waals surface area contributed by atoms with Crippen molar-refractivity contribution in [3.05, 3.63) is 0 Å². The molecule has 1 fully saturated rings. The topological polar surface area (TPSA) is 15.3 Å². The smallest absolute Gasteiger partial charge is 0.0105 e. The van der Waals surface area contributed by atoms with Crippen LogP contribution in [0.25, 0.3) is 0 Å². The first-order valence-electron chi connectivity index (χ1n) is 6.99. The van der Waals surface area contributed by atoms with Crippen LogP contribution >= 0.6 is 0 Å². The first-order valence-corrected chi connectivity index (χ1v) is 6.99. The Morgan fingerprint density at radius 1 is 1.31 bits per heavy atom. The lowest BCUT2D eigenvalue weighted by atomic mass is 9.76. The van der Waals surface area contributed by atoms with Gasteiger partial charge in [0.2, 0.25) is 0 Å². The Morgan fingerprint density at radius 2 is 2.06 bits per heavy atom. The predicted molar refractivity (Wildman–Crippen MR) is 71.8 cm³/mol. The predicted octanol–water partition coefficient (Wildman–Crippen LogP) is 2.74. The molecule has 0 heterocycles. The van der Waals surface area contributed by atoms with Gasteiger partial charge in [-0.15, -0.1) is 0 Å². The molecule has 3 atom stereocenters. The monoisotopic (exact) mass is 226 g/mol. The zero-order valence-electron chi connectivity index (χ0n) is 11.6. The number of hydrogen-bond donors (Lipinski definition) is 1. The summed E-state index contributed by atoms with van der Waals surface area (Å²) in [6, 6.07) is 0.733. The van der Waals surface area contributed by atoms with Crippen LogP contribution in [0.5, 0.6) is 0 Å². The molecule has 16 heavy (non-hydrogen) atoms. The third kappa shape index (κ3) is 4.42. The van der Waals surface area contributed by atoms with Gasteiger partial charge >= 0.3 is 0 Å². The standard InChI is InChI=1S/C14H30N2/c1-5-12-7-6-8-13(11-12)14(15-2)9-10-16(3)4/h12-15H,5-11H2,1-4H3. The van der Waals surface area contributed by atoms with E-state index in [0.29, 0.717) is 0 Å². The summed E-state index contributed by atoms with van der Waals surface area (Å²) in [5, 5.41) is 3.55. The average molecular weight is 226 g/mol. The second-order valence-electron chi connectivity index (χ2n) is 5.69. The van der Waals surface area contributed by atoms with Gasteiger partial charge in [0.25, 0.3) is 0 Å². The van der Waals surface area contributed by atoms with Crippen LogP contribution in [0.2, 0.25) is 0 Å². The maximum absolute atomic E-state index is 3.55. The Hall–Kier alpha value is -0.0800. The Bertz CT molecular complexity index is 180. The van der Waals surface area contributed by atoms with Gasteiger partial charge in [-0.3, -0.25) is 0 Å². The van der Waals surface area contributed by atoms with Crippen molar-refractivity contribution in [1.82, 2.24) is 10.2 Å². The maximum Gasteiger partial charge on any atom is 0.0105 e. The van der Waals surface area contributed by atoms with Crippen LogP contribution < -0.4 is 5.32 Å². The maximum atomic E-state index is 3.55. The highest BCUT2D eigenvalue weighted by molar-refractivity contribution is 4.82. The van der Waals surface area contributed by atoms with Gasteiger partial charge in [-0.2, -0.15) is 0 Å². The molecule has 96 valence electrons. The molecule has 1 N–H and O–H groups in total. The van der Waals surface area contributed by atoms with E-state index < -0.39 is 0 Å². The Labute approximate surface area is 102 Å². The van der Waals surface area contributed by atoms with Gasteiger partial charge in [-0.05, 0) is 58.8 Å². The summed E-state index contributed by atoms with van der Waals surface area (Å²) in [5.41, 5.74) is 0. The number of nitrogens with zero attached hydrogens (tertiary/aromatic N) is 1. The highest BCUT2D eigenvalue weighted by Gasteiger charge is 2.26. The van der Waals surface area contributed by atoms with Crippen LogP contribution in [-0.2, 0) is 0 Å². The van der Waals surface area contributed by atoms with Crippen molar-refractivity contribution in [1.29, 1.82) is 0 Å². The average Bonchev–Trinajstić information content (AvgIpc) is 2.30. The van der Waals surface area contributed by atoms with Crippen molar-refractivity contribution in [2.75, 3.05) is 27.7 Å². The van der Waals surface area contributed by atoms with E-state index in [1.54, 1.807) is 0 Å². The Morgan fingerprint density at radius 3 is 2.62 bits per heavy atom. The van der Waals surface area contributed by atoms with Crippen molar-refractivity contribution in [3.63, 3.8) is 0 Å². The van der Waals surface area contributed by atoms with Crippen molar-refractivity contribution >= 4 is 0 Å². The van der Waals surface area contributed by atoms with Crippen LogP contribution in [-0.4, -0.2) is 38.6 Å². The largest absolute Gasteiger partial charge is 0.317 e. The van der Waals surface area contributed by atoms with E-state index in [2.05, 4.69) is 38.3 Å². The number of rotatable bonds is 6. The summed E-state index contributed by atoms with van der Waals surface area (Å²) in [6.45, 7) is 3.56. The minimum atomic E-state index is 0.733. The van der Waals surface area contributed by atoms with E-state index in [1.807, 2.05) is 0 Å². The molecule has 2 nitrogen and oxygen atoms in total. The fraction of sp³-hybridized carbons (Fsp3) is 1.00. The van der Waals surface area contributed by atoms with Gasteiger partial charge in [-0.25, -0.2) is 0 Å². The third-order valence-electron chi connectivity index (χ3n) is 4.23.